The minimum absolute atomic E-state index is 0.00781. The van der Waals surface area contributed by atoms with Crippen molar-refractivity contribution in [1.82, 2.24) is 20.0 Å². The van der Waals surface area contributed by atoms with E-state index in [1.807, 2.05) is 30.3 Å². The van der Waals surface area contributed by atoms with Crippen LogP contribution in [0.5, 0.6) is 0 Å². The van der Waals surface area contributed by atoms with Gasteiger partial charge in [-0.05, 0) is 19.4 Å². The molecule has 8 heteroatoms. The van der Waals surface area contributed by atoms with Gasteiger partial charge in [-0.3, -0.25) is 4.90 Å². The normalized spacial score (nSPS) is 17.5. The standard InChI is InChI=1S/C18H18N4O4/c1-24-18(23)13-11-25-15(19-13)10-22-9-5-8-14(22)17-20-16(21-26-17)12-6-3-2-4-7-12/h2-4,6-7,11,14H,5,8-10H2,1H3/t14-/m1/s1. The number of ether oxygens (including phenoxy) is 1. The molecule has 0 bridgehead atoms. The van der Waals surface area contributed by atoms with Gasteiger partial charge in [0.2, 0.25) is 17.6 Å². The van der Waals surface area contributed by atoms with Crippen LogP contribution in [0.4, 0.5) is 0 Å². The van der Waals surface area contributed by atoms with E-state index in [2.05, 4.69) is 24.8 Å². The van der Waals surface area contributed by atoms with Gasteiger partial charge < -0.3 is 13.7 Å². The van der Waals surface area contributed by atoms with Gasteiger partial charge in [0.15, 0.2) is 5.69 Å². The van der Waals surface area contributed by atoms with Crippen molar-refractivity contribution < 1.29 is 18.5 Å². The summed E-state index contributed by atoms with van der Waals surface area (Å²) in [5, 5.41) is 4.10. The lowest BCUT2D eigenvalue weighted by Crippen LogP contribution is -2.23. The molecule has 1 fully saturated rings. The molecule has 0 aliphatic carbocycles. The van der Waals surface area contributed by atoms with Crippen molar-refractivity contribution in [1.29, 1.82) is 0 Å². The van der Waals surface area contributed by atoms with Gasteiger partial charge in [-0.1, -0.05) is 35.5 Å². The van der Waals surface area contributed by atoms with Gasteiger partial charge in [0.05, 0.1) is 19.7 Å². The molecule has 0 unspecified atom stereocenters. The quantitative estimate of drug-likeness (QED) is 0.646. The number of likely N-dealkylation sites (tertiary alicyclic amines) is 1. The maximum atomic E-state index is 11.5. The first kappa shape index (κ1) is 16.5. The number of rotatable bonds is 5. The van der Waals surface area contributed by atoms with Gasteiger partial charge in [0.25, 0.3) is 0 Å². The zero-order valence-electron chi connectivity index (χ0n) is 14.3. The Bertz CT molecular complexity index is 890. The Kier molecular flexibility index (Phi) is 4.49. The van der Waals surface area contributed by atoms with Crippen LogP contribution in [0.25, 0.3) is 11.4 Å². The number of benzene rings is 1. The third-order valence-corrected chi connectivity index (χ3v) is 4.41. The molecule has 8 nitrogen and oxygen atoms in total. The first-order chi connectivity index (χ1) is 12.7. The van der Waals surface area contributed by atoms with E-state index in [4.69, 9.17) is 8.94 Å². The second kappa shape index (κ2) is 7.09. The van der Waals surface area contributed by atoms with Crippen LogP contribution >= 0.6 is 0 Å². The van der Waals surface area contributed by atoms with Crippen molar-refractivity contribution >= 4 is 5.97 Å². The molecule has 134 valence electrons. The molecule has 0 spiro atoms. The van der Waals surface area contributed by atoms with E-state index in [0.717, 1.165) is 24.9 Å². The van der Waals surface area contributed by atoms with Gasteiger partial charge in [-0.2, -0.15) is 4.98 Å². The molecule has 0 saturated carbocycles. The summed E-state index contributed by atoms with van der Waals surface area (Å²) >= 11 is 0. The number of aromatic nitrogens is 3. The Labute approximate surface area is 149 Å². The van der Waals surface area contributed by atoms with Crippen LogP contribution in [0.3, 0.4) is 0 Å². The van der Waals surface area contributed by atoms with Crippen LogP contribution in [0.2, 0.25) is 0 Å². The number of esters is 1. The van der Waals surface area contributed by atoms with Crippen molar-refractivity contribution in [2.75, 3.05) is 13.7 Å². The highest BCUT2D eigenvalue weighted by atomic mass is 16.5. The first-order valence-electron chi connectivity index (χ1n) is 8.40. The van der Waals surface area contributed by atoms with Crippen LogP contribution in [-0.2, 0) is 11.3 Å². The van der Waals surface area contributed by atoms with Gasteiger partial charge in [0, 0.05) is 5.56 Å². The lowest BCUT2D eigenvalue weighted by atomic mass is 10.2. The molecule has 26 heavy (non-hydrogen) atoms. The molecule has 4 rings (SSSR count). The Morgan fingerprint density at radius 3 is 2.96 bits per heavy atom. The summed E-state index contributed by atoms with van der Waals surface area (Å²) in [7, 11) is 1.31. The largest absolute Gasteiger partial charge is 0.464 e. The highest BCUT2D eigenvalue weighted by Gasteiger charge is 2.32. The maximum absolute atomic E-state index is 11.5. The monoisotopic (exact) mass is 354 g/mol. The maximum Gasteiger partial charge on any atom is 0.360 e. The van der Waals surface area contributed by atoms with Gasteiger partial charge in [-0.15, -0.1) is 0 Å². The average molecular weight is 354 g/mol. The highest BCUT2D eigenvalue weighted by Crippen LogP contribution is 2.33. The van der Waals surface area contributed by atoms with Crippen molar-refractivity contribution in [2.24, 2.45) is 0 Å². The Hall–Kier alpha value is -3.00. The number of oxazole rings is 1. The van der Waals surface area contributed by atoms with Crippen LogP contribution in [0.15, 0.2) is 45.5 Å². The number of carbonyl (C=O) groups is 1. The minimum atomic E-state index is -0.512. The number of methoxy groups -OCH3 is 1. The first-order valence-corrected chi connectivity index (χ1v) is 8.40. The molecule has 2 aromatic heterocycles. The Balaban J connectivity index is 1.49. The molecule has 0 radical (unpaired) electrons. The molecule has 1 saturated heterocycles. The fraction of sp³-hybridized carbons (Fsp3) is 0.333. The highest BCUT2D eigenvalue weighted by molar-refractivity contribution is 5.86. The van der Waals surface area contributed by atoms with Crippen LogP contribution in [0.1, 0.15) is 41.2 Å². The second-order valence-corrected chi connectivity index (χ2v) is 6.07. The molecular weight excluding hydrogens is 336 g/mol. The molecule has 1 atom stereocenters. The third kappa shape index (κ3) is 3.23. The number of hydrogen-bond acceptors (Lipinski definition) is 8. The molecule has 0 N–H and O–H groups in total. The number of hydrogen-bond donors (Lipinski definition) is 0. The predicted molar refractivity (Wildman–Crippen MR) is 90.0 cm³/mol. The van der Waals surface area contributed by atoms with Crippen LogP contribution in [-0.4, -0.2) is 39.6 Å². The van der Waals surface area contributed by atoms with Crippen molar-refractivity contribution in [3.63, 3.8) is 0 Å². The van der Waals surface area contributed by atoms with E-state index in [9.17, 15) is 4.79 Å². The summed E-state index contributed by atoms with van der Waals surface area (Å²) in [5.41, 5.74) is 1.09. The SMILES string of the molecule is COC(=O)c1coc(CN2CCC[C@@H]2c2nc(-c3ccccc3)no2)n1. The van der Waals surface area contributed by atoms with E-state index >= 15 is 0 Å². The molecular formula is C18H18N4O4. The Morgan fingerprint density at radius 1 is 1.31 bits per heavy atom. The van der Waals surface area contributed by atoms with E-state index in [1.54, 1.807) is 0 Å². The summed E-state index contributed by atoms with van der Waals surface area (Å²) in [6, 6.07) is 9.73. The second-order valence-electron chi connectivity index (χ2n) is 6.07. The summed E-state index contributed by atoms with van der Waals surface area (Å²) < 4.78 is 15.5. The van der Waals surface area contributed by atoms with Crippen LogP contribution in [0, 0.1) is 0 Å². The Morgan fingerprint density at radius 2 is 2.15 bits per heavy atom. The van der Waals surface area contributed by atoms with Crippen molar-refractivity contribution in [3.8, 4) is 11.4 Å². The van der Waals surface area contributed by atoms with E-state index in [1.165, 1.54) is 13.4 Å². The van der Waals surface area contributed by atoms with Crippen molar-refractivity contribution in [2.45, 2.75) is 25.4 Å². The molecule has 3 aromatic rings. The lowest BCUT2D eigenvalue weighted by molar-refractivity contribution is 0.0594. The van der Waals surface area contributed by atoms with Crippen LogP contribution < -0.4 is 0 Å². The lowest BCUT2D eigenvalue weighted by Gasteiger charge is -2.19. The molecule has 3 heterocycles. The molecule has 0 amide bonds. The van der Waals surface area contributed by atoms with E-state index in [0.29, 0.717) is 24.2 Å². The summed E-state index contributed by atoms with van der Waals surface area (Å²) in [6.07, 6.45) is 3.24. The van der Waals surface area contributed by atoms with Crippen molar-refractivity contribution in [3.05, 3.63) is 54.1 Å². The topological polar surface area (TPSA) is 94.5 Å². The fourth-order valence-corrected chi connectivity index (χ4v) is 3.13. The summed E-state index contributed by atoms with van der Waals surface area (Å²) in [6.45, 7) is 1.33. The molecule has 1 aliphatic heterocycles. The number of nitrogens with zero attached hydrogens (tertiary/aromatic N) is 4. The minimum Gasteiger partial charge on any atom is -0.464 e. The van der Waals surface area contributed by atoms with E-state index in [-0.39, 0.29) is 11.7 Å². The van der Waals surface area contributed by atoms with E-state index < -0.39 is 5.97 Å². The third-order valence-electron chi connectivity index (χ3n) is 4.41. The molecule has 1 aromatic carbocycles. The predicted octanol–water partition coefficient (Wildman–Crippen LogP) is 2.85. The fourth-order valence-electron chi connectivity index (χ4n) is 3.13. The smallest absolute Gasteiger partial charge is 0.360 e. The average Bonchev–Trinajstić information content (AvgIpc) is 3.42. The zero-order valence-corrected chi connectivity index (χ0v) is 14.3. The van der Waals surface area contributed by atoms with Gasteiger partial charge in [-0.25, -0.2) is 9.78 Å². The number of carbonyl (C=O) groups excluding carboxylic acids is 1. The summed E-state index contributed by atoms with van der Waals surface area (Å²) in [5.74, 6) is 1.11. The van der Waals surface area contributed by atoms with Gasteiger partial charge >= 0.3 is 5.97 Å². The zero-order chi connectivity index (χ0) is 17.9. The summed E-state index contributed by atoms with van der Waals surface area (Å²) in [4.78, 5) is 22.4. The molecule has 1 aliphatic rings. The van der Waals surface area contributed by atoms with Gasteiger partial charge in [0.1, 0.15) is 6.26 Å².